The third kappa shape index (κ3) is 3.29. The molecular formula is C18H15N3O2S2. The first-order valence-corrected chi connectivity index (χ1v) is 9.56. The van der Waals surface area contributed by atoms with E-state index < -0.39 is 0 Å². The lowest BCUT2D eigenvalue weighted by atomic mass is 10.1. The molecule has 1 aliphatic heterocycles. The lowest BCUT2D eigenvalue weighted by Crippen LogP contribution is -2.28. The summed E-state index contributed by atoms with van der Waals surface area (Å²) in [6.07, 6.45) is 0.828. The number of thiophene rings is 2. The Labute approximate surface area is 152 Å². The van der Waals surface area contributed by atoms with E-state index in [0.717, 1.165) is 27.5 Å². The summed E-state index contributed by atoms with van der Waals surface area (Å²) in [6.45, 7) is 0.664. The maximum Gasteiger partial charge on any atom is 0.324 e. The molecule has 1 aliphatic rings. The molecular weight excluding hydrogens is 354 g/mol. The fourth-order valence-corrected chi connectivity index (χ4v) is 4.11. The third-order valence-electron chi connectivity index (χ3n) is 3.97. The van der Waals surface area contributed by atoms with Gasteiger partial charge in [0.2, 0.25) is 0 Å². The molecule has 2 N–H and O–H groups in total. The number of carbonyl (C=O) groups excluding carboxylic acids is 2. The molecule has 0 atom stereocenters. The van der Waals surface area contributed by atoms with Gasteiger partial charge in [0.15, 0.2) is 0 Å². The highest BCUT2D eigenvalue weighted by Gasteiger charge is 2.26. The highest BCUT2D eigenvalue weighted by molar-refractivity contribution is 7.14. The average Bonchev–Trinajstić information content (AvgIpc) is 3.35. The van der Waals surface area contributed by atoms with E-state index in [4.69, 9.17) is 0 Å². The van der Waals surface area contributed by atoms with Crippen LogP contribution in [0.1, 0.15) is 15.2 Å². The fourth-order valence-electron chi connectivity index (χ4n) is 2.83. The summed E-state index contributed by atoms with van der Waals surface area (Å²) >= 11 is 2.90. The molecule has 0 bridgehead atoms. The van der Waals surface area contributed by atoms with E-state index in [1.54, 1.807) is 4.90 Å². The summed E-state index contributed by atoms with van der Waals surface area (Å²) in [7, 11) is 0. The molecule has 7 heteroatoms. The zero-order valence-corrected chi connectivity index (χ0v) is 14.8. The van der Waals surface area contributed by atoms with Crippen LogP contribution in [0.15, 0.2) is 53.2 Å². The van der Waals surface area contributed by atoms with Crippen LogP contribution in [0.4, 0.5) is 21.2 Å². The summed E-state index contributed by atoms with van der Waals surface area (Å²) in [5.74, 6) is 0.00828. The van der Waals surface area contributed by atoms with Gasteiger partial charge in [-0.1, -0.05) is 12.1 Å². The molecule has 1 aromatic carbocycles. The molecule has 126 valence electrons. The number of benzene rings is 1. The SMILES string of the molecule is O=C(Nc1ccc2c(c1)N(C(=O)c1cccs1)CC2)Nc1cccs1. The van der Waals surface area contributed by atoms with Gasteiger partial charge >= 0.3 is 6.03 Å². The van der Waals surface area contributed by atoms with Crippen molar-refractivity contribution in [2.75, 3.05) is 22.1 Å². The highest BCUT2D eigenvalue weighted by atomic mass is 32.1. The first-order chi connectivity index (χ1) is 12.2. The van der Waals surface area contributed by atoms with Crippen molar-refractivity contribution in [3.8, 4) is 0 Å². The van der Waals surface area contributed by atoms with Crippen LogP contribution in [-0.4, -0.2) is 18.5 Å². The maximum atomic E-state index is 12.7. The van der Waals surface area contributed by atoms with E-state index in [2.05, 4.69) is 10.6 Å². The Morgan fingerprint density at radius 3 is 2.60 bits per heavy atom. The summed E-state index contributed by atoms with van der Waals surface area (Å²) in [5.41, 5.74) is 2.65. The van der Waals surface area contributed by atoms with Crippen LogP contribution in [-0.2, 0) is 6.42 Å². The molecule has 0 spiro atoms. The predicted molar refractivity (Wildman–Crippen MR) is 103 cm³/mol. The van der Waals surface area contributed by atoms with Gasteiger partial charge in [-0.3, -0.25) is 10.1 Å². The van der Waals surface area contributed by atoms with E-state index in [1.165, 1.54) is 22.7 Å². The van der Waals surface area contributed by atoms with Gasteiger partial charge in [-0.15, -0.1) is 22.7 Å². The average molecular weight is 369 g/mol. The van der Waals surface area contributed by atoms with Crippen molar-refractivity contribution in [1.82, 2.24) is 0 Å². The largest absolute Gasteiger partial charge is 0.324 e. The van der Waals surface area contributed by atoms with Crippen molar-refractivity contribution in [3.05, 3.63) is 63.7 Å². The minimum absolute atomic E-state index is 0.00828. The summed E-state index contributed by atoms with van der Waals surface area (Å²) in [5, 5.41) is 10.2. The van der Waals surface area contributed by atoms with Gasteiger partial charge in [0.25, 0.3) is 5.91 Å². The maximum absolute atomic E-state index is 12.7. The van der Waals surface area contributed by atoms with Crippen LogP contribution in [0.2, 0.25) is 0 Å². The van der Waals surface area contributed by atoms with Gasteiger partial charge in [-0.25, -0.2) is 4.79 Å². The Kier molecular flexibility index (Phi) is 4.25. The second kappa shape index (κ2) is 6.70. The summed E-state index contributed by atoms with van der Waals surface area (Å²) < 4.78 is 0. The first kappa shape index (κ1) is 15.9. The lowest BCUT2D eigenvalue weighted by molar-refractivity contribution is 0.0993. The number of urea groups is 1. The number of amides is 3. The van der Waals surface area contributed by atoms with E-state index >= 15 is 0 Å². The number of nitrogens with zero attached hydrogens (tertiary/aromatic N) is 1. The molecule has 3 aromatic rings. The van der Waals surface area contributed by atoms with Crippen molar-refractivity contribution < 1.29 is 9.59 Å². The molecule has 5 nitrogen and oxygen atoms in total. The number of hydrogen-bond acceptors (Lipinski definition) is 4. The number of rotatable bonds is 3. The van der Waals surface area contributed by atoms with Crippen molar-refractivity contribution in [3.63, 3.8) is 0 Å². The van der Waals surface area contributed by atoms with Crippen molar-refractivity contribution >= 4 is 51.0 Å². The number of hydrogen-bond donors (Lipinski definition) is 2. The first-order valence-electron chi connectivity index (χ1n) is 7.80. The topological polar surface area (TPSA) is 61.4 Å². The molecule has 0 fully saturated rings. The van der Waals surface area contributed by atoms with Crippen LogP contribution >= 0.6 is 22.7 Å². The smallest absolute Gasteiger partial charge is 0.308 e. The van der Waals surface area contributed by atoms with Crippen molar-refractivity contribution in [1.29, 1.82) is 0 Å². The minimum Gasteiger partial charge on any atom is -0.308 e. The predicted octanol–water partition coefficient (Wildman–Crippen LogP) is 4.66. The Morgan fingerprint density at radius 2 is 1.84 bits per heavy atom. The molecule has 0 aliphatic carbocycles. The Hall–Kier alpha value is -2.64. The molecule has 2 aromatic heterocycles. The molecule has 4 rings (SSSR count). The molecule has 0 saturated heterocycles. The Balaban J connectivity index is 1.52. The molecule has 3 heterocycles. The molecule has 0 unspecified atom stereocenters. The Morgan fingerprint density at radius 1 is 1.00 bits per heavy atom. The van der Waals surface area contributed by atoms with Crippen LogP contribution < -0.4 is 15.5 Å². The summed E-state index contributed by atoms with van der Waals surface area (Å²) in [6, 6.07) is 12.8. The minimum atomic E-state index is -0.295. The number of carbonyl (C=O) groups is 2. The van der Waals surface area contributed by atoms with Crippen LogP contribution in [0.5, 0.6) is 0 Å². The summed E-state index contributed by atoms with van der Waals surface area (Å²) in [4.78, 5) is 27.2. The number of nitrogens with one attached hydrogen (secondary N) is 2. The van der Waals surface area contributed by atoms with Gasteiger partial charge < -0.3 is 10.2 Å². The monoisotopic (exact) mass is 369 g/mol. The molecule has 3 amide bonds. The van der Waals surface area contributed by atoms with E-state index in [0.29, 0.717) is 12.2 Å². The quantitative estimate of drug-likeness (QED) is 0.705. The normalized spacial score (nSPS) is 12.7. The van der Waals surface area contributed by atoms with Crippen LogP contribution in [0.25, 0.3) is 0 Å². The zero-order valence-electron chi connectivity index (χ0n) is 13.2. The van der Waals surface area contributed by atoms with E-state index in [-0.39, 0.29) is 11.9 Å². The van der Waals surface area contributed by atoms with Crippen molar-refractivity contribution in [2.45, 2.75) is 6.42 Å². The van der Waals surface area contributed by atoms with Gasteiger partial charge in [0.1, 0.15) is 0 Å². The molecule has 25 heavy (non-hydrogen) atoms. The second-order valence-electron chi connectivity index (χ2n) is 5.58. The second-order valence-corrected chi connectivity index (χ2v) is 7.48. The molecule has 0 saturated carbocycles. The van der Waals surface area contributed by atoms with Crippen molar-refractivity contribution in [2.24, 2.45) is 0 Å². The van der Waals surface area contributed by atoms with Gasteiger partial charge in [0.05, 0.1) is 9.88 Å². The number of fused-ring (bicyclic) bond motifs is 1. The number of anilines is 3. The van der Waals surface area contributed by atoms with Gasteiger partial charge in [0, 0.05) is 17.9 Å². The fraction of sp³-hybridized carbons (Fsp3) is 0.111. The van der Waals surface area contributed by atoms with E-state index in [1.807, 2.05) is 53.2 Å². The molecule has 0 radical (unpaired) electrons. The lowest BCUT2D eigenvalue weighted by Gasteiger charge is -2.17. The zero-order chi connectivity index (χ0) is 17.2. The third-order valence-corrected chi connectivity index (χ3v) is 5.62. The van der Waals surface area contributed by atoms with Gasteiger partial charge in [-0.05, 0) is 53.1 Å². The highest BCUT2D eigenvalue weighted by Crippen LogP contribution is 2.32. The van der Waals surface area contributed by atoms with Gasteiger partial charge in [-0.2, -0.15) is 0 Å². The van der Waals surface area contributed by atoms with Crippen LogP contribution in [0, 0.1) is 0 Å². The standard InChI is InChI=1S/C18H15N3O2S2/c22-17(15-3-1-9-24-15)21-8-7-12-5-6-13(11-14(12)21)19-18(23)20-16-4-2-10-25-16/h1-6,9-11H,7-8H2,(H2,19,20,23). The van der Waals surface area contributed by atoms with E-state index in [9.17, 15) is 9.59 Å². The Bertz CT molecular complexity index is 905. The van der Waals surface area contributed by atoms with Crippen LogP contribution in [0.3, 0.4) is 0 Å².